The van der Waals surface area contributed by atoms with Gasteiger partial charge >= 0.3 is 0 Å². The molecule has 4 nitrogen and oxygen atoms in total. The highest BCUT2D eigenvalue weighted by Crippen LogP contribution is 2.28. The number of pyridine rings is 2. The number of aryl methyl sites for hydroxylation is 4. The molecule has 0 saturated heterocycles. The van der Waals surface area contributed by atoms with Gasteiger partial charge in [0.05, 0.1) is 22.8 Å². The fourth-order valence-corrected chi connectivity index (χ4v) is 5.95. The Morgan fingerprint density at radius 3 is 1.34 bits per heavy atom. The van der Waals surface area contributed by atoms with Crippen molar-refractivity contribution in [2.75, 3.05) is 0 Å². The molecule has 0 bridgehead atoms. The minimum Gasteiger partial charge on any atom is -0.353 e. The van der Waals surface area contributed by atoms with Crippen LogP contribution in [0.5, 0.6) is 0 Å². The number of hydrogen-bond acceptors (Lipinski definition) is 2. The van der Waals surface area contributed by atoms with Crippen LogP contribution in [0.2, 0.25) is 0 Å². The van der Waals surface area contributed by atoms with E-state index in [-0.39, 0.29) is 0 Å². The topological polar surface area (TPSA) is 57.4 Å². The van der Waals surface area contributed by atoms with Crippen molar-refractivity contribution in [2.24, 2.45) is 0 Å². The molecule has 0 fully saturated rings. The van der Waals surface area contributed by atoms with Gasteiger partial charge in [-0.15, -0.1) is 0 Å². The molecule has 4 aromatic heterocycles. The summed E-state index contributed by atoms with van der Waals surface area (Å²) in [6.07, 6.45) is 14.1. The van der Waals surface area contributed by atoms with Crippen molar-refractivity contribution in [3.8, 4) is 22.8 Å². The smallest absolute Gasteiger partial charge is 0.0867 e. The molecule has 0 aliphatic heterocycles. The van der Waals surface area contributed by atoms with Gasteiger partial charge in [0.2, 0.25) is 0 Å². The molecule has 2 aliphatic rings. The van der Waals surface area contributed by atoms with E-state index in [1.54, 1.807) is 0 Å². The highest BCUT2D eigenvalue weighted by atomic mass is 14.8. The van der Waals surface area contributed by atoms with Crippen LogP contribution in [-0.2, 0) is 25.7 Å². The van der Waals surface area contributed by atoms with Crippen LogP contribution in [0, 0.1) is 0 Å². The Kier molecular flexibility index (Phi) is 6.01. The maximum atomic E-state index is 4.63. The molecule has 2 aliphatic carbocycles. The summed E-state index contributed by atoms with van der Waals surface area (Å²) in [4.78, 5) is 16.2. The van der Waals surface area contributed by atoms with Gasteiger partial charge in [-0.1, -0.05) is 36.4 Å². The lowest BCUT2D eigenvalue weighted by molar-refractivity contribution is 0.682. The van der Waals surface area contributed by atoms with E-state index >= 15 is 0 Å². The van der Waals surface area contributed by atoms with Gasteiger partial charge in [-0.25, -0.2) is 0 Å². The number of hydrogen-bond donors (Lipinski definition) is 2. The second-order valence-corrected chi connectivity index (χ2v) is 10.6. The molecule has 0 unspecified atom stereocenters. The number of aromatic amines is 2. The highest BCUT2D eigenvalue weighted by Gasteiger charge is 2.13. The highest BCUT2D eigenvalue weighted by molar-refractivity contribution is 5.86. The lowest BCUT2D eigenvalue weighted by atomic mass is 9.92. The van der Waals surface area contributed by atoms with Gasteiger partial charge < -0.3 is 9.97 Å². The van der Waals surface area contributed by atoms with Crippen molar-refractivity contribution < 1.29 is 0 Å². The number of H-pyrrole nitrogens is 2. The van der Waals surface area contributed by atoms with Gasteiger partial charge in [-0.05, 0) is 110 Å². The van der Waals surface area contributed by atoms with Gasteiger partial charge in [-0.2, -0.15) is 0 Å². The molecular formula is C34H32N4. The van der Waals surface area contributed by atoms with Gasteiger partial charge in [0.25, 0.3) is 0 Å². The summed E-state index contributed by atoms with van der Waals surface area (Å²) < 4.78 is 0. The van der Waals surface area contributed by atoms with E-state index in [2.05, 4.69) is 105 Å². The molecule has 8 rings (SSSR count). The van der Waals surface area contributed by atoms with Gasteiger partial charge in [-0.3, -0.25) is 9.97 Å². The number of rotatable bonds is 2. The van der Waals surface area contributed by atoms with Gasteiger partial charge in [0, 0.05) is 34.2 Å². The maximum Gasteiger partial charge on any atom is 0.0867 e. The molecule has 38 heavy (non-hydrogen) atoms. The van der Waals surface area contributed by atoms with Crippen molar-refractivity contribution in [2.45, 2.75) is 51.4 Å². The molecule has 188 valence electrons. The summed E-state index contributed by atoms with van der Waals surface area (Å²) in [5.41, 5.74) is 12.6. The average Bonchev–Trinajstić information content (AvgIpc) is 3.62. The van der Waals surface area contributed by atoms with Crippen molar-refractivity contribution in [3.63, 3.8) is 0 Å². The summed E-state index contributed by atoms with van der Waals surface area (Å²) in [5.74, 6) is 0. The fraction of sp³-hybridized carbons (Fsp3) is 0.235. The summed E-state index contributed by atoms with van der Waals surface area (Å²) >= 11 is 0. The summed E-state index contributed by atoms with van der Waals surface area (Å²) in [6.45, 7) is 0. The molecule has 0 spiro atoms. The van der Waals surface area contributed by atoms with Gasteiger partial charge in [0.1, 0.15) is 0 Å². The van der Waals surface area contributed by atoms with Crippen LogP contribution in [-0.4, -0.2) is 19.9 Å². The molecule has 0 atom stereocenters. The van der Waals surface area contributed by atoms with Crippen molar-refractivity contribution >= 4 is 21.8 Å². The van der Waals surface area contributed by atoms with Crippen LogP contribution in [0.1, 0.15) is 47.9 Å². The Morgan fingerprint density at radius 1 is 0.474 bits per heavy atom. The third-order valence-electron chi connectivity index (χ3n) is 8.06. The predicted octanol–water partition coefficient (Wildman–Crippen LogP) is 8.22. The minimum absolute atomic E-state index is 1.07. The number of nitrogens with zero attached hydrogens (tertiary/aromatic N) is 2. The van der Waals surface area contributed by atoms with Crippen molar-refractivity contribution in [3.05, 3.63) is 107 Å². The third-order valence-corrected chi connectivity index (χ3v) is 8.06. The van der Waals surface area contributed by atoms with Crippen LogP contribution in [0.3, 0.4) is 0 Å². The third kappa shape index (κ3) is 4.51. The first kappa shape index (κ1) is 23.0. The molecule has 0 amide bonds. The Morgan fingerprint density at radius 2 is 0.895 bits per heavy atom. The quantitative estimate of drug-likeness (QED) is 0.254. The first-order valence-electron chi connectivity index (χ1n) is 13.9. The lowest BCUT2D eigenvalue weighted by Gasteiger charge is -2.15. The van der Waals surface area contributed by atoms with Crippen molar-refractivity contribution in [1.82, 2.24) is 19.9 Å². The zero-order valence-corrected chi connectivity index (χ0v) is 21.6. The largest absolute Gasteiger partial charge is 0.353 e. The van der Waals surface area contributed by atoms with E-state index in [0.29, 0.717) is 0 Å². The fourth-order valence-electron chi connectivity index (χ4n) is 5.95. The molecule has 6 aromatic rings. The Balaban J connectivity index is 0.000000127. The number of para-hydroxylation sites is 2. The Hall–Kier alpha value is -4.18. The predicted molar refractivity (Wildman–Crippen MR) is 156 cm³/mol. The number of nitrogens with one attached hydrogen (secondary N) is 2. The molecule has 0 radical (unpaired) electrons. The summed E-state index contributed by atoms with van der Waals surface area (Å²) in [5, 5.41) is 2.49. The van der Waals surface area contributed by atoms with E-state index in [9.17, 15) is 0 Å². The van der Waals surface area contributed by atoms with E-state index < -0.39 is 0 Å². The normalized spacial score (nSPS) is 14.5. The standard InChI is InChI=1S/2C17H16N2/c2*1-2-7-14-11-18-16(9-12(14)5-1)17-10-13-6-3-4-8-15(13)19-17/h2*3-4,6,8-11,19H,1-2,5,7H2. The molecule has 4 heteroatoms. The second-order valence-electron chi connectivity index (χ2n) is 10.6. The van der Waals surface area contributed by atoms with Crippen molar-refractivity contribution in [1.29, 1.82) is 0 Å². The minimum atomic E-state index is 1.07. The first-order chi connectivity index (χ1) is 18.8. The number of aromatic nitrogens is 4. The van der Waals surface area contributed by atoms with E-state index in [4.69, 9.17) is 0 Å². The second kappa shape index (κ2) is 9.94. The molecule has 0 saturated carbocycles. The number of benzene rings is 2. The van der Waals surface area contributed by atoms with Crippen LogP contribution in [0.15, 0.2) is 85.2 Å². The Labute approximate surface area is 223 Å². The zero-order chi connectivity index (χ0) is 25.3. The lowest BCUT2D eigenvalue weighted by Crippen LogP contribution is -2.03. The first-order valence-corrected chi connectivity index (χ1v) is 13.9. The Bertz CT molecular complexity index is 1540. The maximum absolute atomic E-state index is 4.63. The molecule has 4 heterocycles. The molecule has 2 aromatic carbocycles. The van der Waals surface area contributed by atoms with E-state index in [1.165, 1.54) is 95.4 Å². The summed E-state index contributed by atoms with van der Waals surface area (Å²) in [6, 6.07) is 25.6. The molecule has 2 N–H and O–H groups in total. The van der Waals surface area contributed by atoms with Crippen LogP contribution < -0.4 is 0 Å². The van der Waals surface area contributed by atoms with Gasteiger partial charge in [0.15, 0.2) is 0 Å². The SMILES string of the molecule is c1ccc2[nH]c(-c3cc4c(cn3)CCCC4)cc2c1.c1ccc2[nH]c(-c3cc4c(cn3)CCCC4)cc2c1. The van der Waals surface area contributed by atoms with E-state index in [0.717, 1.165) is 22.8 Å². The van der Waals surface area contributed by atoms with E-state index in [1.807, 2.05) is 0 Å². The summed E-state index contributed by atoms with van der Waals surface area (Å²) in [7, 11) is 0. The van der Waals surface area contributed by atoms with Crippen LogP contribution >= 0.6 is 0 Å². The number of fused-ring (bicyclic) bond motifs is 4. The monoisotopic (exact) mass is 496 g/mol. The average molecular weight is 497 g/mol. The van der Waals surface area contributed by atoms with Crippen LogP contribution in [0.25, 0.3) is 44.6 Å². The molecular weight excluding hydrogens is 464 g/mol. The zero-order valence-electron chi connectivity index (χ0n) is 21.6. The van der Waals surface area contributed by atoms with Crippen LogP contribution in [0.4, 0.5) is 0 Å².